The fourth-order valence-electron chi connectivity index (χ4n) is 3.50. The van der Waals surface area contributed by atoms with E-state index in [2.05, 4.69) is 19.7 Å². The smallest absolute Gasteiger partial charge is 0.339 e. The van der Waals surface area contributed by atoms with Crippen LogP contribution in [0, 0.1) is 0 Å². The van der Waals surface area contributed by atoms with Crippen molar-refractivity contribution in [1.82, 2.24) is 0 Å². The molecule has 0 bridgehead atoms. The Morgan fingerprint density at radius 1 is 0.600 bits per heavy atom. The van der Waals surface area contributed by atoms with E-state index in [1.807, 2.05) is 0 Å². The Kier molecular flexibility index (Phi) is 14.5. The monoisotopic (exact) mass is 624 g/mol. The first kappa shape index (κ1) is 35.2. The van der Waals surface area contributed by atoms with Crippen molar-refractivity contribution in [3.63, 3.8) is 0 Å². The normalized spacial score (nSPS) is 9.87. The van der Waals surface area contributed by atoms with Gasteiger partial charge in [-0.1, -0.05) is 31.9 Å². The lowest BCUT2D eigenvalue weighted by Gasteiger charge is -2.10. The Labute approximate surface area is 258 Å². The molecule has 3 N–H and O–H groups in total. The molecule has 0 amide bonds. The Morgan fingerprint density at radius 2 is 1.02 bits per heavy atom. The van der Waals surface area contributed by atoms with Crippen LogP contribution in [0.4, 0.5) is 0 Å². The molecule has 0 unspecified atom stereocenters. The van der Waals surface area contributed by atoms with Gasteiger partial charge in [-0.2, -0.15) is 0 Å². The van der Waals surface area contributed by atoms with Crippen molar-refractivity contribution in [2.45, 2.75) is 0 Å². The van der Waals surface area contributed by atoms with Crippen LogP contribution >= 0.6 is 0 Å². The number of benzene rings is 3. The first-order chi connectivity index (χ1) is 21.6. The first-order valence-corrected chi connectivity index (χ1v) is 13.1. The van der Waals surface area contributed by atoms with Crippen LogP contribution in [0.25, 0.3) is 10.8 Å². The predicted molar refractivity (Wildman–Crippen MR) is 160 cm³/mol. The lowest BCUT2D eigenvalue weighted by atomic mass is 10.1. The SMILES string of the molecule is C=COCCOC(=O)c1cc(C(=O)OCCOC=C)cc(C(=O)OCCOC=C)c1.O=C(O)c1cc2cccc(O)c2cc1O. The van der Waals surface area contributed by atoms with Crippen LogP contribution in [0.2, 0.25) is 0 Å². The van der Waals surface area contributed by atoms with Gasteiger partial charge in [0, 0.05) is 5.39 Å². The number of aromatic carboxylic acids is 1. The van der Waals surface area contributed by atoms with E-state index < -0.39 is 23.9 Å². The summed E-state index contributed by atoms with van der Waals surface area (Å²) in [4.78, 5) is 47.6. The second-order valence-electron chi connectivity index (χ2n) is 8.49. The molecule has 0 spiro atoms. The van der Waals surface area contributed by atoms with Crippen LogP contribution in [0.1, 0.15) is 41.4 Å². The number of ether oxygens (including phenoxy) is 6. The highest BCUT2D eigenvalue weighted by atomic mass is 16.6. The van der Waals surface area contributed by atoms with E-state index in [1.54, 1.807) is 12.1 Å². The van der Waals surface area contributed by atoms with Gasteiger partial charge in [-0.05, 0) is 41.8 Å². The average Bonchev–Trinajstić information content (AvgIpc) is 3.03. The highest BCUT2D eigenvalue weighted by molar-refractivity contribution is 6.01. The van der Waals surface area contributed by atoms with E-state index in [0.29, 0.717) is 10.8 Å². The number of rotatable bonds is 16. The minimum atomic E-state index is -1.20. The molecule has 13 heteroatoms. The van der Waals surface area contributed by atoms with Crippen LogP contribution in [0.3, 0.4) is 0 Å². The molecule has 3 rings (SSSR count). The summed E-state index contributed by atoms with van der Waals surface area (Å²) in [7, 11) is 0. The second kappa shape index (κ2) is 18.5. The summed E-state index contributed by atoms with van der Waals surface area (Å²) >= 11 is 0. The van der Waals surface area contributed by atoms with E-state index in [-0.39, 0.29) is 73.4 Å². The number of hydrogen-bond acceptors (Lipinski definition) is 12. The maximum absolute atomic E-state index is 12.3. The van der Waals surface area contributed by atoms with Crippen LogP contribution in [-0.2, 0) is 28.4 Å². The summed E-state index contributed by atoms with van der Waals surface area (Å²) in [6.45, 7) is 10.3. The molecule has 0 radical (unpaired) electrons. The maximum atomic E-state index is 12.3. The fraction of sp³-hybridized carbons (Fsp3) is 0.188. The van der Waals surface area contributed by atoms with E-state index in [0.717, 1.165) is 0 Å². The molecule has 0 saturated carbocycles. The molecule has 3 aromatic carbocycles. The number of hydrogen-bond donors (Lipinski definition) is 3. The van der Waals surface area contributed by atoms with Gasteiger partial charge < -0.3 is 43.7 Å². The Hall–Kier alpha value is -5.98. The molecule has 13 nitrogen and oxygen atoms in total. The van der Waals surface area contributed by atoms with Crippen molar-refractivity contribution in [3.05, 3.63) is 109 Å². The van der Waals surface area contributed by atoms with E-state index >= 15 is 0 Å². The van der Waals surface area contributed by atoms with Gasteiger partial charge in [-0.25, -0.2) is 19.2 Å². The summed E-state index contributed by atoms with van der Waals surface area (Å²) in [5.74, 6) is -3.79. The van der Waals surface area contributed by atoms with E-state index in [4.69, 9.17) is 33.5 Å². The number of phenolic OH excluding ortho intramolecular Hbond substituents is 1. The number of carbonyl (C=O) groups excluding carboxylic acids is 3. The zero-order valence-corrected chi connectivity index (χ0v) is 24.1. The molecule has 0 aliphatic carbocycles. The molecule has 0 saturated heterocycles. The first-order valence-electron chi connectivity index (χ1n) is 13.1. The molecule has 0 atom stereocenters. The number of carboxylic acids is 1. The molecule has 3 aromatic rings. The van der Waals surface area contributed by atoms with Crippen molar-refractivity contribution in [2.24, 2.45) is 0 Å². The zero-order valence-electron chi connectivity index (χ0n) is 24.1. The quantitative estimate of drug-likeness (QED) is 0.0871. The van der Waals surface area contributed by atoms with E-state index in [1.165, 1.54) is 55.2 Å². The van der Waals surface area contributed by atoms with Gasteiger partial charge in [0.15, 0.2) is 0 Å². The number of phenols is 2. The summed E-state index contributed by atoms with van der Waals surface area (Å²) in [6.07, 6.45) is 3.64. The molecular weight excluding hydrogens is 592 g/mol. The molecule has 238 valence electrons. The molecule has 0 fully saturated rings. The summed E-state index contributed by atoms with van der Waals surface area (Å²) in [6, 6.07) is 11.1. The summed E-state index contributed by atoms with van der Waals surface area (Å²) < 4.78 is 29.8. The lowest BCUT2D eigenvalue weighted by molar-refractivity contribution is 0.0413. The van der Waals surface area contributed by atoms with Crippen molar-refractivity contribution >= 4 is 34.6 Å². The van der Waals surface area contributed by atoms with Crippen molar-refractivity contribution < 1.29 is 62.9 Å². The highest BCUT2D eigenvalue weighted by Gasteiger charge is 2.19. The van der Waals surface area contributed by atoms with Gasteiger partial charge >= 0.3 is 23.9 Å². The van der Waals surface area contributed by atoms with Crippen LogP contribution in [0.15, 0.2) is 87.1 Å². The third kappa shape index (κ3) is 11.3. The third-order valence-corrected chi connectivity index (χ3v) is 5.50. The van der Waals surface area contributed by atoms with Gasteiger partial charge in [0.1, 0.15) is 56.7 Å². The van der Waals surface area contributed by atoms with Gasteiger partial charge in [0.2, 0.25) is 0 Å². The van der Waals surface area contributed by atoms with Crippen LogP contribution in [0.5, 0.6) is 11.5 Å². The van der Waals surface area contributed by atoms with Gasteiger partial charge in [0.05, 0.1) is 35.5 Å². The van der Waals surface area contributed by atoms with Crippen molar-refractivity contribution in [3.8, 4) is 11.5 Å². The lowest BCUT2D eigenvalue weighted by Crippen LogP contribution is -2.16. The van der Waals surface area contributed by atoms with Crippen molar-refractivity contribution in [2.75, 3.05) is 39.6 Å². The Balaban J connectivity index is 0.000000388. The van der Waals surface area contributed by atoms with Crippen LogP contribution < -0.4 is 0 Å². The maximum Gasteiger partial charge on any atom is 0.339 e. The zero-order chi connectivity index (χ0) is 33.2. The van der Waals surface area contributed by atoms with Gasteiger partial charge in [-0.15, -0.1) is 0 Å². The number of fused-ring (bicyclic) bond motifs is 1. The molecule has 0 heterocycles. The molecule has 0 aromatic heterocycles. The van der Waals surface area contributed by atoms with Crippen LogP contribution in [-0.4, -0.2) is 78.8 Å². The Bertz CT molecular complexity index is 1410. The second-order valence-corrected chi connectivity index (χ2v) is 8.49. The third-order valence-electron chi connectivity index (χ3n) is 5.50. The molecular formula is C32H32O13. The topological polar surface area (TPSA) is 184 Å². The predicted octanol–water partition coefficient (Wildman–Crippen LogP) is 4.59. The van der Waals surface area contributed by atoms with Crippen molar-refractivity contribution in [1.29, 1.82) is 0 Å². The Morgan fingerprint density at radius 3 is 1.40 bits per heavy atom. The standard InChI is InChI=1S/C21H24O9.C11H8O4/c1-4-25-7-10-28-19(22)16-13-17(20(23)29-11-8-26-5-2)15-18(14-16)21(24)30-12-9-27-6-3;12-9-3-1-2-6-4-8(11(14)15)10(13)5-7(6)9/h4-6,13-15H,1-3,7-12H2;1-5,12-13H,(H,14,15). The largest absolute Gasteiger partial charge is 0.507 e. The molecule has 0 aliphatic heterocycles. The fourth-order valence-corrected chi connectivity index (χ4v) is 3.50. The number of aromatic hydroxyl groups is 2. The summed E-state index contributed by atoms with van der Waals surface area (Å²) in [5, 5.41) is 28.7. The van der Waals surface area contributed by atoms with Gasteiger partial charge in [-0.3, -0.25) is 0 Å². The summed E-state index contributed by atoms with van der Waals surface area (Å²) in [5.41, 5.74) is -0.257. The average molecular weight is 625 g/mol. The van der Waals surface area contributed by atoms with E-state index in [9.17, 15) is 29.4 Å². The number of esters is 3. The number of carboxylic acid groups (broad SMARTS) is 1. The number of carbonyl (C=O) groups is 4. The minimum Gasteiger partial charge on any atom is -0.507 e. The van der Waals surface area contributed by atoms with Gasteiger partial charge in [0.25, 0.3) is 0 Å². The highest BCUT2D eigenvalue weighted by Crippen LogP contribution is 2.30. The molecule has 45 heavy (non-hydrogen) atoms. The minimum absolute atomic E-state index is 0.0136. The molecule has 0 aliphatic rings.